The number of hydroxylamine groups is 2. The molecule has 1 amide bonds. The van der Waals surface area contributed by atoms with Gasteiger partial charge in [0, 0.05) is 13.6 Å². The van der Waals surface area contributed by atoms with Gasteiger partial charge >= 0.3 is 5.97 Å². The number of nitrogens with zero attached hydrogens (tertiary/aromatic N) is 2. The summed E-state index contributed by atoms with van der Waals surface area (Å²) in [5, 5.41) is 7.82. The lowest BCUT2D eigenvalue weighted by atomic mass is 9.99. The number of esters is 1. The summed E-state index contributed by atoms with van der Waals surface area (Å²) in [6.45, 7) is 1.49. The van der Waals surface area contributed by atoms with Crippen molar-refractivity contribution in [2.24, 2.45) is 10.9 Å². The number of carbonyl (C=O) groups is 2. The van der Waals surface area contributed by atoms with Crippen LogP contribution in [0.25, 0.3) is 0 Å². The third-order valence-electron chi connectivity index (χ3n) is 5.78. The van der Waals surface area contributed by atoms with Crippen molar-refractivity contribution in [3.8, 4) is 0 Å². The molecule has 0 bridgehead atoms. The molecule has 2 aromatic carbocycles. The molecule has 1 heterocycles. The van der Waals surface area contributed by atoms with E-state index in [1.54, 1.807) is 37.4 Å². The van der Waals surface area contributed by atoms with Gasteiger partial charge in [0.1, 0.15) is 6.04 Å². The second-order valence-corrected chi connectivity index (χ2v) is 10.2. The molecular weight excluding hydrogens is 486 g/mol. The van der Waals surface area contributed by atoms with Crippen LogP contribution in [0.1, 0.15) is 35.6 Å². The Hall–Kier alpha value is -3.32. The zero-order chi connectivity index (χ0) is 26.3. The highest BCUT2D eigenvalue weighted by Gasteiger charge is 2.34. The van der Waals surface area contributed by atoms with Crippen molar-refractivity contribution in [2.75, 3.05) is 20.7 Å². The smallest absolute Gasteiger partial charge is 0.325 e. The number of amides is 1. The lowest BCUT2D eigenvalue weighted by Gasteiger charge is -2.18. The summed E-state index contributed by atoms with van der Waals surface area (Å²) in [5.74, 6) is 3.99. The van der Waals surface area contributed by atoms with Gasteiger partial charge in [-0.3, -0.25) is 14.4 Å². The van der Waals surface area contributed by atoms with Gasteiger partial charge in [0.25, 0.3) is 0 Å². The van der Waals surface area contributed by atoms with E-state index < -0.39 is 22.0 Å². The van der Waals surface area contributed by atoms with E-state index in [0.29, 0.717) is 6.42 Å². The van der Waals surface area contributed by atoms with E-state index in [9.17, 15) is 18.0 Å². The van der Waals surface area contributed by atoms with Crippen LogP contribution in [-0.2, 0) is 29.2 Å². The number of carbonyl (C=O) groups excluding carboxylic acids is 2. The van der Waals surface area contributed by atoms with Crippen LogP contribution in [0.15, 0.2) is 58.5 Å². The highest BCUT2D eigenvalue weighted by molar-refractivity contribution is 7.89. The molecule has 36 heavy (non-hydrogen) atoms. The molecule has 1 saturated heterocycles. The Morgan fingerprint density at radius 1 is 1.28 bits per heavy atom. The van der Waals surface area contributed by atoms with E-state index in [-0.39, 0.29) is 35.9 Å². The van der Waals surface area contributed by atoms with Gasteiger partial charge in [-0.2, -0.15) is 14.9 Å². The van der Waals surface area contributed by atoms with Crippen LogP contribution in [0.3, 0.4) is 0 Å². The average molecular weight is 518 g/mol. The molecule has 11 nitrogen and oxygen atoms in total. The van der Waals surface area contributed by atoms with Gasteiger partial charge in [-0.15, -0.1) is 0 Å². The number of benzene rings is 2. The van der Waals surface area contributed by atoms with Crippen molar-refractivity contribution in [3.05, 3.63) is 65.2 Å². The van der Waals surface area contributed by atoms with E-state index in [1.165, 1.54) is 12.1 Å². The van der Waals surface area contributed by atoms with Crippen molar-refractivity contribution in [1.82, 2.24) is 15.1 Å². The molecule has 3 atom stereocenters. The minimum atomic E-state index is -4.01. The van der Waals surface area contributed by atoms with Gasteiger partial charge < -0.3 is 15.9 Å². The minimum Gasteiger partial charge on any atom is -0.468 e. The summed E-state index contributed by atoms with van der Waals surface area (Å²) in [5.41, 5.74) is 2.64. The van der Waals surface area contributed by atoms with E-state index in [4.69, 9.17) is 15.4 Å². The first-order valence-corrected chi connectivity index (χ1v) is 12.8. The standard InChI is InChI=1S/C24H31N5O6S/c1-16-5-4-6-20(11-16)36(32,33)28-21(24(31)34-3)15-26-23(30)13-19-12-22(29(2)35-19)18-9-7-17(8-10-18)14-27-25/h4-11,14,19,21-22,28H,12-13,15,25H2,1-3H3,(H,26,30)/t19-,21-,22+/m0/s1. The lowest BCUT2D eigenvalue weighted by Crippen LogP contribution is -2.49. The van der Waals surface area contributed by atoms with Crippen LogP contribution in [-0.4, -0.2) is 64.4 Å². The number of methoxy groups -OCH3 is 1. The van der Waals surface area contributed by atoms with Crippen LogP contribution in [0.4, 0.5) is 0 Å². The van der Waals surface area contributed by atoms with Gasteiger partial charge in [-0.1, -0.05) is 36.4 Å². The van der Waals surface area contributed by atoms with Crippen molar-refractivity contribution in [1.29, 1.82) is 0 Å². The maximum Gasteiger partial charge on any atom is 0.325 e. The predicted molar refractivity (Wildman–Crippen MR) is 133 cm³/mol. The summed E-state index contributed by atoms with van der Waals surface area (Å²) in [7, 11) is -1.06. The number of hydrogen-bond donors (Lipinski definition) is 3. The third-order valence-corrected chi connectivity index (χ3v) is 7.25. The molecule has 0 aromatic heterocycles. The summed E-state index contributed by atoms with van der Waals surface area (Å²) >= 11 is 0. The topological polar surface area (TPSA) is 152 Å². The molecule has 1 aliphatic rings. The van der Waals surface area contributed by atoms with Gasteiger partial charge in [0.05, 0.1) is 36.8 Å². The summed E-state index contributed by atoms with van der Waals surface area (Å²) in [4.78, 5) is 30.6. The molecule has 12 heteroatoms. The van der Waals surface area contributed by atoms with Gasteiger partial charge in [-0.25, -0.2) is 8.42 Å². The van der Waals surface area contributed by atoms with E-state index in [1.807, 2.05) is 24.3 Å². The predicted octanol–water partition coefficient (Wildman–Crippen LogP) is 0.991. The Kier molecular flexibility index (Phi) is 9.15. The van der Waals surface area contributed by atoms with Crippen molar-refractivity contribution in [2.45, 2.75) is 42.8 Å². The summed E-state index contributed by atoms with van der Waals surface area (Å²) < 4.78 is 32.5. The van der Waals surface area contributed by atoms with Crippen molar-refractivity contribution >= 4 is 28.1 Å². The van der Waals surface area contributed by atoms with E-state index in [0.717, 1.165) is 23.8 Å². The second kappa shape index (κ2) is 12.1. The van der Waals surface area contributed by atoms with Crippen LogP contribution in [0, 0.1) is 6.92 Å². The van der Waals surface area contributed by atoms with Crippen molar-refractivity contribution in [3.63, 3.8) is 0 Å². The molecule has 0 aliphatic carbocycles. The Balaban J connectivity index is 1.57. The van der Waals surface area contributed by atoms with Gasteiger partial charge in [0.2, 0.25) is 15.9 Å². The maximum absolute atomic E-state index is 12.7. The monoisotopic (exact) mass is 517 g/mol. The first-order valence-electron chi connectivity index (χ1n) is 11.3. The van der Waals surface area contributed by atoms with Crippen molar-refractivity contribution < 1.29 is 27.6 Å². The number of ether oxygens (including phenoxy) is 1. The highest BCUT2D eigenvalue weighted by Crippen LogP contribution is 2.34. The zero-order valence-electron chi connectivity index (χ0n) is 20.4. The quantitative estimate of drug-likeness (QED) is 0.183. The number of sulfonamides is 1. The average Bonchev–Trinajstić information content (AvgIpc) is 3.21. The molecule has 1 fully saturated rings. The van der Waals surface area contributed by atoms with Gasteiger partial charge in [-0.05, 0) is 42.2 Å². The molecule has 0 spiro atoms. The molecular formula is C24H31N5O6S. The molecule has 0 unspecified atom stereocenters. The van der Waals surface area contributed by atoms with Crippen LogP contribution < -0.4 is 15.9 Å². The van der Waals surface area contributed by atoms with E-state index >= 15 is 0 Å². The number of rotatable bonds is 10. The minimum absolute atomic E-state index is 0.0134. The maximum atomic E-state index is 12.7. The number of hydrogen-bond acceptors (Lipinski definition) is 9. The number of nitrogens with two attached hydrogens (primary N) is 1. The summed E-state index contributed by atoms with van der Waals surface area (Å²) in [6.07, 6.45) is 1.78. The van der Waals surface area contributed by atoms with Crippen LogP contribution in [0.5, 0.6) is 0 Å². The molecule has 0 radical (unpaired) electrons. The lowest BCUT2D eigenvalue weighted by molar-refractivity contribution is -0.152. The molecule has 4 N–H and O–H groups in total. The Labute approximate surface area is 210 Å². The molecule has 2 aromatic rings. The fraction of sp³-hybridized carbons (Fsp3) is 0.375. The van der Waals surface area contributed by atoms with E-state index in [2.05, 4.69) is 15.1 Å². The largest absolute Gasteiger partial charge is 0.468 e. The number of nitrogens with one attached hydrogen (secondary N) is 2. The van der Waals surface area contributed by atoms with Crippen LogP contribution >= 0.6 is 0 Å². The van der Waals surface area contributed by atoms with Crippen LogP contribution in [0.2, 0.25) is 0 Å². The first kappa shape index (κ1) is 27.3. The molecule has 194 valence electrons. The Morgan fingerprint density at radius 3 is 2.64 bits per heavy atom. The second-order valence-electron chi connectivity index (χ2n) is 8.49. The summed E-state index contributed by atoms with van der Waals surface area (Å²) in [6, 6.07) is 12.6. The fourth-order valence-electron chi connectivity index (χ4n) is 3.95. The highest BCUT2D eigenvalue weighted by atomic mass is 32.2. The third kappa shape index (κ3) is 7.10. The fourth-order valence-corrected chi connectivity index (χ4v) is 5.24. The molecule has 0 saturated carbocycles. The zero-order valence-corrected chi connectivity index (χ0v) is 21.2. The SMILES string of the molecule is COC(=O)[C@H](CNC(=O)C[C@@H]1C[C@H](c2ccc(C=NN)cc2)N(C)O1)NS(=O)(=O)c1cccc(C)c1. The first-order chi connectivity index (χ1) is 17.1. The molecule has 3 rings (SSSR count). The Bertz CT molecular complexity index is 1200. The molecule has 1 aliphatic heterocycles. The normalized spacial score (nSPS) is 19.3. The Morgan fingerprint density at radius 2 is 2.00 bits per heavy atom. The number of hydrazone groups is 1. The number of aryl methyl sites for hydroxylation is 1. The van der Waals surface area contributed by atoms with Gasteiger partial charge in [0.15, 0.2) is 0 Å².